The van der Waals surface area contributed by atoms with Crippen LogP contribution in [0.5, 0.6) is 0 Å². The van der Waals surface area contributed by atoms with Gasteiger partial charge in [0.15, 0.2) is 0 Å². The molecule has 3 heteroatoms. The van der Waals surface area contributed by atoms with E-state index in [1.54, 1.807) is 6.21 Å². The van der Waals surface area contributed by atoms with Crippen molar-refractivity contribution < 1.29 is 9.94 Å². The van der Waals surface area contributed by atoms with Crippen LogP contribution >= 0.6 is 0 Å². The predicted molar refractivity (Wildman–Crippen MR) is 36.4 cm³/mol. The number of unbranched alkanes of at least 4 members (excludes halogenated alkanes) is 1. The Hall–Kier alpha value is -0.570. The number of nitrogens with zero attached hydrogens (tertiary/aromatic N) is 1. The molecule has 0 rings (SSSR count). The molecule has 0 aromatic carbocycles. The fraction of sp³-hybridized carbons (Fsp3) is 0.833. The Morgan fingerprint density at radius 1 is 1.67 bits per heavy atom. The molecule has 54 valence electrons. The SMILES string of the molecule is CCC/C=N/OCCO. The van der Waals surface area contributed by atoms with E-state index in [1.165, 1.54) is 0 Å². The molecule has 0 aromatic heterocycles. The second kappa shape index (κ2) is 7.43. The topological polar surface area (TPSA) is 41.8 Å². The highest BCUT2D eigenvalue weighted by atomic mass is 16.6. The molecule has 0 saturated carbocycles. The van der Waals surface area contributed by atoms with Crippen molar-refractivity contribution in [2.75, 3.05) is 13.2 Å². The van der Waals surface area contributed by atoms with Gasteiger partial charge in [-0.15, -0.1) is 0 Å². The zero-order valence-corrected chi connectivity index (χ0v) is 5.71. The van der Waals surface area contributed by atoms with Crippen LogP contribution in [0, 0.1) is 0 Å². The van der Waals surface area contributed by atoms with Crippen LogP contribution < -0.4 is 0 Å². The van der Waals surface area contributed by atoms with Gasteiger partial charge in [-0.3, -0.25) is 0 Å². The lowest BCUT2D eigenvalue weighted by Crippen LogP contribution is -1.92. The van der Waals surface area contributed by atoms with Gasteiger partial charge in [0.25, 0.3) is 0 Å². The maximum atomic E-state index is 8.22. The van der Waals surface area contributed by atoms with Crippen LogP contribution in [0.3, 0.4) is 0 Å². The number of rotatable bonds is 5. The maximum absolute atomic E-state index is 8.22. The quantitative estimate of drug-likeness (QED) is 0.340. The van der Waals surface area contributed by atoms with Gasteiger partial charge in [-0.1, -0.05) is 18.5 Å². The third kappa shape index (κ3) is 7.43. The summed E-state index contributed by atoms with van der Waals surface area (Å²) in [7, 11) is 0. The van der Waals surface area contributed by atoms with Crippen LogP contribution in [-0.4, -0.2) is 24.5 Å². The zero-order chi connectivity index (χ0) is 6.95. The molecule has 0 fully saturated rings. The fourth-order valence-corrected chi connectivity index (χ4v) is 0.328. The summed E-state index contributed by atoms with van der Waals surface area (Å²) in [5.74, 6) is 0. The van der Waals surface area contributed by atoms with E-state index in [9.17, 15) is 0 Å². The van der Waals surface area contributed by atoms with E-state index in [1.807, 2.05) is 0 Å². The van der Waals surface area contributed by atoms with Gasteiger partial charge in [-0.05, 0) is 6.42 Å². The number of hydrogen-bond donors (Lipinski definition) is 1. The van der Waals surface area contributed by atoms with Crippen LogP contribution in [0.1, 0.15) is 19.8 Å². The molecule has 0 saturated heterocycles. The highest BCUT2D eigenvalue weighted by Gasteiger charge is 1.76. The summed E-state index contributed by atoms with van der Waals surface area (Å²) in [6.07, 6.45) is 3.72. The first-order chi connectivity index (χ1) is 4.41. The standard InChI is InChI=1S/C6H13NO2/c1-2-3-4-7-9-6-5-8/h4,8H,2-3,5-6H2,1H3/b7-4+. The van der Waals surface area contributed by atoms with Crippen molar-refractivity contribution in [2.45, 2.75) is 19.8 Å². The lowest BCUT2D eigenvalue weighted by atomic mass is 10.4. The van der Waals surface area contributed by atoms with Crippen LogP contribution in [0.4, 0.5) is 0 Å². The molecule has 0 heterocycles. The molecule has 1 N–H and O–H groups in total. The highest BCUT2D eigenvalue weighted by molar-refractivity contribution is 5.55. The summed E-state index contributed by atoms with van der Waals surface area (Å²) in [5.41, 5.74) is 0. The maximum Gasteiger partial charge on any atom is 0.140 e. The molecular formula is C6H13NO2. The van der Waals surface area contributed by atoms with E-state index in [4.69, 9.17) is 5.11 Å². The van der Waals surface area contributed by atoms with Crippen LogP contribution in [0.25, 0.3) is 0 Å². The smallest absolute Gasteiger partial charge is 0.140 e. The van der Waals surface area contributed by atoms with Gasteiger partial charge in [0.2, 0.25) is 0 Å². The molecule has 0 amide bonds. The Morgan fingerprint density at radius 3 is 3.00 bits per heavy atom. The van der Waals surface area contributed by atoms with Gasteiger partial charge in [0.1, 0.15) is 6.61 Å². The van der Waals surface area contributed by atoms with Crippen LogP contribution in [0.15, 0.2) is 5.16 Å². The predicted octanol–water partition coefficient (Wildman–Crippen LogP) is 0.781. The van der Waals surface area contributed by atoms with Gasteiger partial charge in [0.05, 0.1) is 6.61 Å². The lowest BCUT2D eigenvalue weighted by molar-refractivity contribution is 0.0993. The van der Waals surface area contributed by atoms with E-state index < -0.39 is 0 Å². The van der Waals surface area contributed by atoms with Crippen molar-refractivity contribution in [2.24, 2.45) is 5.16 Å². The minimum absolute atomic E-state index is 0.0312. The molecule has 0 spiro atoms. The molecule has 0 aliphatic rings. The second-order valence-corrected chi connectivity index (χ2v) is 1.63. The summed E-state index contributed by atoms with van der Waals surface area (Å²) in [6, 6.07) is 0. The van der Waals surface area contributed by atoms with Crippen molar-refractivity contribution in [1.82, 2.24) is 0 Å². The molecule has 0 aliphatic carbocycles. The Balaban J connectivity index is 2.86. The molecule has 0 aliphatic heterocycles. The summed E-state index contributed by atoms with van der Waals surface area (Å²) in [5, 5.41) is 11.8. The summed E-state index contributed by atoms with van der Waals surface area (Å²) >= 11 is 0. The normalized spacial score (nSPS) is 10.4. The third-order valence-electron chi connectivity index (χ3n) is 0.749. The largest absolute Gasteiger partial charge is 0.394 e. The third-order valence-corrected chi connectivity index (χ3v) is 0.749. The molecule has 0 aromatic rings. The minimum Gasteiger partial charge on any atom is -0.394 e. The number of aliphatic hydroxyl groups is 1. The van der Waals surface area contributed by atoms with Crippen molar-refractivity contribution in [3.8, 4) is 0 Å². The Labute approximate surface area is 55.3 Å². The molecular weight excluding hydrogens is 118 g/mol. The molecule has 0 unspecified atom stereocenters. The Morgan fingerprint density at radius 2 is 2.44 bits per heavy atom. The van der Waals surface area contributed by atoms with Gasteiger partial charge < -0.3 is 9.94 Å². The molecule has 0 bridgehead atoms. The average Bonchev–Trinajstić information content (AvgIpc) is 1.89. The first-order valence-corrected chi connectivity index (χ1v) is 3.16. The van der Waals surface area contributed by atoms with E-state index >= 15 is 0 Å². The number of oxime groups is 1. The van der Waals surface area contributed by atoms with Gasteiger partial charge >= 0.3 is 0 Å². The number of hydrogen-bond acceptors (Lipinski definition) is 3. The van der Waals surface area contributed by atoms with Gasteiger partial charge in [-0.25, -0.2) is 0 Å². The van der Waals surface area contributed by atoms with Gasteiger partial charge in [0, 0.05) is 6.21 Å². The van der Waals surface area contributed by atoms with Crippen molar-refractivity contribution in [1.29, 1.82) is 0 Å². The molecule has 0 radical (unpaired) electrons. The van der Waals surface area contributed by atoms with Gasteiger partial charge in [-0.2, -0.15) is 0 Å². The van der Waals surface area contributed by atoms with Crippen molar-refractivity contribution in [3.63, 3.8) is 0 Å². The Bertz CT molecular complexity index is 73.5. The molecule has 9 heavy (non-hydrogen) atoms. The van der Waals surface area contributed by atoms with Crippen LogP contribution in [-0.2, 0) is 4.84 Å². The molecule has 0 atom stereocenters. The first-order valence-electron chi connectivity index (χ1n) is 3.16. The average molecular weight is 131 g/mol. The van der Waals surface area contributed by atoms with Crippen molar-refractivity contribution >= 4 is 6.21 Å². The lowest BCUT2D eigenvalue weighted by Gasteiger charge is -1.91. The fourth-order valence-electron chi connectivity index (χ4n) is 0.328. The Kier molecular flexibility index (Phi) is 6.96. The second-order valence-electron chi connectivity index (χ2n) is 1.63. The summed E-state index contributed by atoms with van der Waals surface area (Å²) in [4.78, 5) is 4.60. The minimum atomic E-state index is 0.0312. The van der Waals surface area contributed by atoms with E-state index in [-0.39, 0.29) is 6.61 Å². The zero-order valence-electron chi connectivity index (χ0n) is 5.71. The highest BCUT2D eigenvalue weighted by Crippen LogP contribution is 1.81. The van der Waals surface area contributed by atoms with E-state index in [0.717, 1.165) is 12.8 Å². The number of aliphatic hydroxyl groups excluding tert-OH is 1. The summed E-state index contributed by atoms with van der Waals surface area (Å²) < 4.78 is 0. The van der Waals surface area contributed by atoms with Crippen molar-refractivity contribution in [3.05, 3.63) is 0 Å². The summed E-state index contributed by atoms with van der Waals surface area (Å²) in [6.45, 7) is 2.39. The monoisotopic (exact) mass is 131 g/mol. The van der Waals surface area contributed by atoms with E-state index in [2.05, 4.69) is 16.9 Å². The van der Waals surface area contributed by atoms with Crippen LogP contribution in [0.2, 0.25) is 0 Å². The van der Waals surface area contributed by atoms with E-state index in [0.29, 0.717) is 6.61 Å². The first kappa shape index (κ1) is 8.43. The molecule has 3 nitrogen and oxygen atoms in total.